The lowest BCUT2D eigenvalue weighted by molar-refractivity contribution is 0.0967. The molecule has 1 N–H and O–H groups in total. The van der Waals surface area contributed by atoms with Crippen molar-refractivity contribution in [3.63, 3.8) is 0 Å². The van der Waals surface area contributed by atoms with E-state index in [4.69, 9.17) is 4.42 Å². The average Bonchev–Trinajstić information content (AvgIpc) is 2.36. The third kappa shape index (κ3) is 2.17. The Balaban J connectivity index is 2.69. The van der Waals surface area contributed by atoms with Crippen molar-refractivity contribution < 1.29 is 9.21 Å². The summed E-state index contributed by atoms with van der Waals surface area (Å²) in [7, 11) is 1.72. The first-order valence-electron chi connectivity index (χ1n) is 3.16. The maximum absolute atomic E-state index is 11.1. The second kappa shape index (κ2) is 3.69. The van der Waals surface area contributed by atoms with Gasteiger partial charge in [0.25, 0.3) is 0 Å². The summed E-state index contributed by atoms with van der Waals surface area (Å²) in [4.78, 5) is 11.1. The summed E-state index contributed by atoms with van der Waals surface area (Å²) in [5.74, 6) is 0.337. The number of carbonyl (C=O) groups excluding carboxylic acids is 1. The van der Waals surface area contributed by atoms with Gasteiger partial charge in [-0.2, -0.15) is 0 Å². The number of Topliss-reactive ketones (excluding diaryl/α,β-unsaturated/α-hetero) is 1. The lowest BCUT2D eigenvalue weighted by Gasteiger charge is -1.92. The maximum atomic E-state index is 11.1. The summed E-state index contributed by atoms with van der Waals surface area (Å²) >= 11 is 3.19. The highest BCUT2D eigenvalue weighted by molar-refractivity contribution is 9.10. The Hall–Kier alpha value is -0.610. The zero-order chi connectivity index (χ0) is 8.27. The lowest BCUT2D eigenvalue weighted by Crippen LogP contribution is -2.17. The third-order valence-corrected chi connectivity index (χ3v) is 1.60. The Kier molecular flexibility index (Phi) is 2.84. The van der Waals surface area contributed by atoms with E-state index in [-0.39, 0.29) is 5.78 Å². The summed E-state index contributed by atoms with van der Waals surface area (Å²) in [5, 5.41) is 2.75. The van der Waals surface area contributed by atoms with Gasteiger partial charge in [0.1, 0.15) is 6.26 Å². The molecule has 1 aromatic rings. The van der Waals surface area contributed by atoms with E-state index in [0.29, 0.717) is 12.3 Å². The normalized spacial score (nSPS) is 10.0. The largest absolute Gasteiger partial charge is 0.460 e. The van der Waals surface area contributed by atoms with Gasteiger partial charge in [0.15, 0.2) is 5.76 Å². The zero-order valence-corrected chi connectivity index (χ0v) is 7.64. The standard InChI is InChI=1S/C7H8BrNO2/c1-9-3-6(10)7-2-5(8)4-11-7/h2,4,9H,3H2,1H3. The van der Waals surface area contributed by atoms with E-state index >= 15 is 0 Å². The molecule has 0 bridgehead atoms. The van der Waals surface area contributed by atoms with Crippen LogP contribution in [0.5, 0.6) is 0 Å². The second-order valence-corrected chi connectivity index (χ2v) is 3.00. The number of hydrogen-bond donors (Lipinski definition) is 1. The van der Waals surface area contributed by atoms with Crippen molar-refractivity contribution in [1.29, 1.82) is 0 Å². The van der Waals surface area contributed by atoms with Gasteiger partial charge < -0.3 is 9.73 Å². The van der Waals surface area contributed by atoms with Crippen molar-refractivity contribution in [2.24, 2.45) is 0 Å². The smallest absolute Gasteiger partial charge is 0.211 e. The number of halogens is 1. The number of nitrogens with one attached hydrogen (secondary N) is 1. The van der Waals surface area contributed by atoms with Crippen molar-refractivity contribution in [2.75, 3.05) is 13.6 Å². The van der Waals surface area contributed by atoms with E-state index in [0.717, 1.165) is 4.47 Å². The molecule has 3 nitrogen and oxygen atoms in total. The summed E-state index contributed by atoms with van der Waals surface area (Å²) in [6.45, 7) is 0.306. The van der Waals surface area contributed by atoms with Crippen LogP contribution in [0.15, 0.2) is 21.2 Å². The van der Waals surface area contributed by atoms with Crippen LogP contribution < -0.4 is 5.32 Å². The highest BCUT2D eigenvalue weighted by Gasteiger charge is 2.08. The average molecular weight is 218 g/mol. The molecule has 0 saturated heterocycles. The van der Waals surface area contributed by atoms with Crippen LogP contribution in [0.4, 0.5) is 0 Å². The van der Waals surface area contributed by atoms with Crippen molar-refractivity contribution in [3.05, 3.63) is 22.6 Å². The van der Waals surface area contributed by atoms with Gasteiger partial charge in [0.05, 0.1) is 11.0 Å². The molecule has 0 saturated carbocycles. The molecule has 1 heterocycles. The highest BCUT2D eigenvalue weighted by Crippen LogP contribution is 2.13. The van der Waals surface area contributed by atoms with E-state index in [1.165, 1.54) is 6.26 Å². The molecule has 0 radical (unpaired) electrons. The van der Waals surface area contributed by atoms with Crippen LogP contribution in [0.2, 0.25) is 0 Å². The Labute approximate surface area is 72.9 Å². The number of hydrogen-bond acceptors (Lipinski definition) is 3. The molecule has 0 fully saturated rings. The monoisotopic (exact) mass is 217 g/mol. The fourth-order valence-corrected chi connectivity index (χ4v) is 1.01. The fourth-order valence-electron chi connectivity index (χ4n) is 0.707. The molecular weight excluding hydrogens is 210 g/mol. The molecule has 0 unspecified atom stereocenters. The second-order valence-electron chi connectivity index (χ2n) is 2.08. The van der Waals surface area contributed by atoms with Gasteiger partial charge in [0, 0.05) is 6.07 Å². The van der Waals surface area contributed by atoms with Crippen LogP contribution in [0, 0.1) is 0 Å². The van der Waals surface area contributed by atoms with E-state index in [1.54, 1.807) is 13.1 Å². The summed E-state index contributed by atoms with van der Waals surface area (Å²) in [5.41, 5.74) is 0. The molecular formula is C7H8BrNO2. The first-order chi connectivity index (χ1) is 5.24. The summed E-state index contributed by atoms with van der Waals surface area (Å²) < 4.78 is 5.73. The predicted octanol–water partition coefficient (Wildman–Crippen LogP) is 1.44. The Bertz CT molecular complexity index is 257. The summed E-state index contributed by atoms with van der Waals surface area (Å²) in [6, 6.07) is 1.65. The minimum Gasteiger partial charge on any atom is -0.460 e. The molecule has 0 aliphatic rings. The number of furan rings is 1. The van der Waals surface area contributed by atoms with E-state index in [1.807, 2.05) is 0 Å². The van der Waals surface area contributed by atoms with Gasteiger partial charge in [-0.15, -0.1) is 0 Å². The minimum absolute atomic E-state index is 0.0433. The van der Waals surface area contributed by atoms with Gasteiger partial charge >= 0.3 is 0 Å². The lowest BCUT2D eigenvalue weighted by atomic mass is 10.3. The first kappa shape index (κ1) is 8.49. The van der Waals surface area contributed by atoms with Crippen LogP contribution in [0.1, 0.15) is 10.6 Å². The van der Waals surface area contributed by atoms with Gasteiger partial charge in [0.2, 0.25) is 5.78 Å². The van der Waals surface area contributed by atoms with E-state index in [2.05, 4.69) is 21.2 Å². The zero-order valence-electron chi connectivity index (χ0n) is 6.06. The molecule has 1 aromatic heterocycles. The number of carbonyl (C=O) groups is 1. The van der Waals surface area contributed by atoms with E-state index in [9.17, 15) is 4.79 Å². The minimum atomic E-state index is -0.0433. The van der Waals surface area contributed by atoms with Crippen molar-refractivity contribution >= 4 is 21.7 Å². The quantitative estimate of drug-likeness (QED) is 0.780. The molecule has 11 heavy (non-hydrogen) atoms. The fraction of sp³-hybridized carbons (Fsp3) is 0.286. The maximum Gasteiger partial charge on any atom is 0.211 e. The van der Waals surface area contributed by atoms with Gasteiger partial charge in [-0.05, 0) is 23.0 Å². The van der Waals surface area contributed by atoms with Crippen molar-refractivity contribution in [1.82, 2.24) is 5.32 Å². The number of rotatable bonds is 3. The molecule has 0 spiro atoms. The SMILES string of the molecule is CNCC(=O)c1cc(Br)co1. The molecule has 60 valence electrons. The Morgan fingerprint density at radius 2 is 2.55 bits per heavy atom. The van der Waals surface area contributed by atoms with Crippen molar-refractivity contribution in [2.45, 2.75) is 0 Å². The third-order valence-electron chi connectivity index (χ3n) is 1.18. The van der Waals surface area contributed by atoms with Crippen molar-refractivity contribution in [3.8, 4) is 0 Å². The van der Waals surface area contributed by atoms with Crippen LogP contribution in [-0.2, 0) is 0 Å². The van der Waals surface area contributed by atoms with Crippen LogP contribution in [0.25, 0.3) is 0 Å². The van der Waals surface area contributed by atoms with E-state index < -0.39 is 0 Å². The molecule has 4 heteroatoms. The van der Waals surface area contributed by atoms with Gasteiger partial charge in [-0.1, -0.05) is 0 Å². The molecule has 0 amide bonds. The Morgan fingerprint density at radius 1 is 1.82 bits per heavy atom. The van der Waals surface area contributed by atoms with Gasteiger partial charge in [-0.3, -0.25) is 4.79 Å². The first-order valence-corrected chi connectivity index (χ1v) is 3.95. The molecule has 0 atom stereocenters. The number of likely N-dealkylation sites (N-methyl/N-ethyl adjacent to an activating group) is 1. The van der Waals surface area contributed by atoms with Gasteiger partial charge in [-0.25, -0.2) is 0 Å². The highest BCUT2D eigenvalue weighted by atomic mass is 79.9. The van der Waals surface area contributed by atoms with Crippen LogP contribution in [0.3, 0.4) is 0 Å². The number of ketones is 1. The Morgan fingerprint density at radius 3 is 3.00 bits per heavy atom. The molecule has 0 aromatic carbocycles. The predicted molar refractivity (Wildman–Crippen MR) is 44.7 cm³/mol. The van der Waals surface area contributed by atoms with Crippen LogP contribution in [-0.4, -0.2) is 19.4 Å². The van der Waals surface area contributed by atoms with Crippen LogP contribution >= 0.6 is 15.9 Å². The topological polar surface area (TPSA) is 42.2 Å². The molecule has 0 aliphatic heterocycles. The molecule has 1 rings (SSSR count). The molecule has 0 aliphatic carbocycles. The summed E-state index contributed by atoms with van der Waals surface area (Å²) in [6.07, 6.45) is 1.49.